The Labute approximate surface area is 174 Å². The highest BCUT2D eigenvalue weighted by Gasteiger charge is 2.13. The molecule has 3 rings (SSSR count). The number of benzene rings is 1. The zero-order chi connectivity index (χ0) is 20.5. The lowest BCUT2D eigenvalue weighted by molar-refractivity contribution is 0.411. The molecule has 1 aromatic heterocycles. The third-order valence-electron chi connectivity index (χ3n) is 5.18. The largest absolute Gasteiger partial charge is 0.496 e. The molecule has 0 aliphatic carbocycles. The maximum atomic E-state index is 5.42. The maximum absolute atomic E-state index is 5.42. The summed E-state index contributed by atoms with van der Waals surface area (Å²) in [7, 11) is 1.72. The molecule has 0 amide bonds. The van der Waals surface area contributed by atoms with Crippen molar-refractivity contribution in [3.63, 3.8) is 0 Å². The lowest BCUT2D eigenvalue weighted by Crippen LogP contribution is -2.38. The summed E-state index contributed by atoms with van der Waals surface area (Å²) < 4.78 is 5.42. The molecule has 1 saturated heterocycles. The molecule has 0 bridgehead atoms. The number of anilines is 1. The SMILES string of the molecule is CCNC(=NCc1ccnc(N2CCCC2)c1)NCCc1ccc(C)c(OC)c1. The minimum absolute atomic E-state index is 0.636. The Morgan fingerprint density at radius 1 is 1.14 bits per heavy atom. The first-order valence-electron chi connectivity index (χ1n) is 10.5. The summed E-state index contributed by atoms with van der Waals surface area (Å²) in [6.45, 7) is 8.64. The quantitative estimate of drug-likeness (QED) is 0.530. The summed E-state index contributed by atoms with van der Waals surface area (Å²) in [5, 5.41) is 6.76. The van der Waals surface area contributed by atoms with Crippen LogP contribution in [0, 0.1) is 6.92 Å². The molecule has 2 aromatic rings. The zero-order valence-electron chi connectivity index (χ0n) is 17.9. The Bertz CT molecular complexity index is 815. The van der Waals surface area contributed by atoms with E-state index in [2.05, 4.69) is 58.6 Å². The molecule has 156 valence electrons. The highest BCUT2D eigenvalue weighted by molar-refractivity contribution is 5.79. The van der Waals surface area contributed by atoms with E-state index in [1.165, 1.54) is 24.0 Å². The number of nitrogens with zero attached hydrogens (tertiary/aromatic N) is 3. The summed E-state index contributed by atoms with van der Waals surface area (Å²) in [6, 6.07) is 10.6. The van der Waals surface area contributed by atoms with Gasteiger partial charge in [-0.1, -0.05) is 12.1 Å². The third kappa shape index (κ3) is 6.11. The third-order valence-corrected chi connectivity index (χ3v) is 5.18. The number of nitrogens with one attached hydrogen (secondary N) is 2. The Morgan fingerprint density at radius 2 is 1.97 bits per heavy atom. The minimum atomic E-state index is 0.636. The number of pyridine rings is 1. The van der Waals surface area contributed by atoms with Crippen LogP contribution in [-0.4, -0.2) is 44.2 Å². The van der Waals surface area contributed by atoms with Gasteiger partial charge in [0.25, 0.3) is 0 Å². The van der Waals surface area contributed by atoms with Crippen LogP contribution in [0.3, 0.4) is 0 Å². The topological polar surface area (TPSA) is 61.8 Å². The van der Waals surface area contributed by atoms with E-state index in [1.54, 1.807) is 7.11 Å². The molecule has 6 heteroatoms. The van der Waals surface area contributed by atoms with Crippen LogP contribution >= 0.6 is 0 Å². The molecular weight excluding hydrogens is 362 g/mol. The lowest BCUT2D eigenvalue weighted by atomic mass is 10.1. The van der Waals surface area contributed by atoms with Crippen LogP contribution in [0.2, 0.25) is 0 Å². The summed E-state index contributed by atoms with van der Waals surface area (Å²) in [5.74, 6) is 2.85. The van der Waals surface area contributed by atoms with Crippen LogP contribution in [0.1, 0.15) is 36.5 Å². The lowest BCUT2D eigenvalue weighted by Gasteiger charge is -2.16. The van der Waals surface area contributed by atoms with Gasteiger partial charge < -0.3 is 20.3 Å². The van der Waals surface area contributed by atoms with Gasteiger partial charge in [-0.3, -0.25) is 0 Å². The number of hydrogen-bond donors (Lipinski definition) is 2. The zero-order valence-corrected chi connectivity index (χ0v) is 17.9. The first-order chi connectivity index (χ1) is 14.2. The summed E-state index contributed by atoms with van der Waals surface area (Å²) in [5.41, 5.74) is 3.59. The fourth-order valence-corrected chi connectivity index (χ4v) is 3.54. The van der Waals surface area contributed by atoms with Crippen molar-refractivity contribution in [1.29, 1.82) is 0 Å². The fourth-order valence-electron chi connectivity index (χ4n) is 3.54. The molecule has 2 N–H and O–H groups in total. The summed E-state index contributed by atoms with van der Waals surface area (Å²) in [4.78, 5) is 11.6. The number of ether oxygens (including phenoxy) is 1. The Morgan fingerprint density at radius 3 is 2.72 bits per heavy atom. The molecule has 0 saturated carbocycles. The van der Waals surface area contributed by atoms with Gasteiger partial charge >= 0.3 is 0 Å². The number of methoxy groups -OCH3 is 1. The van der Waals surface area contributed by atoms with Crippen molar-refractivity contribution in [3.8, 4) is 5.75 Å². The van der Waals surface area contributed by atoms with Crippen LogP contribution < -0.4 is 20.3 Å². The van der Waals surface area contributed by atoms with Crippen LogP contribution in [0.4, 0.5) is 5.82 Å². The second-order valence-corrected chi connectivity index (χ2v) is 7.39. The smallest absolute Gasteiger partial charge is 0.191 e. The van der Waals surface area contributed by atoms with Crippen molar-refractivity contribution in [2.75, 3.05) is 38.2 Å². The highest BCUT2D eigenvalue weighted by Crippen LogP contribution is 2.20. The first-order valence-corrected chi connectivity index (χ1v) is 10.5. The van der Waals surface area contributed by atoms with Crippen LogP contribution in [0.25, 0.3) is 0 Å². The molecule has 6 nitrogen and oxygen atoms in total. The number of rotatable bonds is 8. The van der Waals surface area contributed by atoms with Crippen molar-refractivity contribution in [2.24, 2.45) is 4.99 Å². The van der Waals surface area contributed by atoms with E-state index < -0.39 is 0 Å². The van der Waals surface area contributed by atoms with E-state index in [0.29, 0.717) is 6.54 Å². The molecule has 29 heavy (non-hydrogen) atoms. The van der Waals surface area contributed by atoms with Gasteiger partial charge in [0, 0.05) is 32.4 Å². The molecule has 1 aliphatic heterocycles. The first kappa shape index (κ1) is 21.0. The average molecular weight is 396 g/mol. The normalized spacial score (nSPS) is 14.2. The van der Waals surface area contributed by atoms with Crippen LogP contribution in [0.5, 0.6) is 5.75 Å². The fraction of sp³-hybridized carbons (Fsp3) is 0.478. The molecule has 0 unspecified atom stereocenters. The second-order valence-electron chi connectivity index (χ2n) is 7.39. The van der Waals surface area contributed by atoms with E-state index in [9.17, 15) is 0 Å². The molecule has 0 radical (unpaired) electrons. The van der Waals surface area contributed by atoms with Gasteiger partial charge in [0.2, 0.25) is 0 Å². The van der Waals surface area contributed by atoms with Gasteiger partial charge in [0.15, 0.2) is 5.96 Å². The second kappa shape index (κ2) is 10.7. The van der Waals surface area contributed by atoms with Crippen molar-refractivity contribution < 1.29 is 4.74 Å². The highest BCUT2D eigenvalue weighted by atomic mass is 16.5. The van der Waals surface area contributed by atoms with E-state index in [-0.39, 0.29) is 0 Å². The van der Waals surface area contributed by atoms with Crippen molar-refractivity contribution in [3.05, 3.63) is 53.2 Å². The summed E-state index contributed by atoms with van der Waals surface area (Å²) in [6.07, 6.45) is 5.32. The van der Waals surface area contributed by atoms with Crippen molar-refractivity contribution in [1.82, 2.24) is 15.6 Å². The monoisotopic (exact) mass is 395 g/mol. The average Bonchev–Trinajstić information content (AvgIpc) is 3.28. The number of guanidine groups is 1. The van der Waals surface area contributed by atoms with Gasteiger partial charge in [-0.25, -0.2) is 9.98 Å². The van der Waals surface area contributed by atoms with Gasteiger partial charge in [-0.2, -0.15) is 0 Å². The predicted molar refractivity (Wildman–Crippen MR) is 120 cm³/mol. The molecule has 2 heterocycles. The maximum Gasteiger partial charge on any atom is 0.191 e. The Hall–Kier alpha value is -2.76. The number of aliphatic imine (C=N–C) groups is 1. The van der Waals surface area contributed by atoms with E-state index in [1.807, 2.05) is 12.3 Å². The number of hydrogen-bond acceptors (Lipinski definition) is 4. The molecule has 1 fully saturated rings. The number of aryl methyl sites for hydroxylation is 1. The molecule has 1 aromatic carbocycles. The number of aromatic nitrogens is 1. The Kier molecular flexibility index (Phi) is 7.73. The van der Waals surface area contributed by atoms with E-state index >= 15 is 0 Å². The van der Waals surface area contributed by atoms with E-state index in [0.717, 1.165) is 55.7 Å². The van der Waals surface area contributed by atoms with Gasteiger partial charge in [0.05, 0.1) is 13.7 Å². The van der Waals surface area contributed by atoms with Crippen molar-refractivity contribution in [2.45, 2.75) is 39.7 Å². The molecule has 0 atom stereocenters. The van der Waals surface area contributed by atoms with Gasteiger partial charge in [-0.15, -0.1) is 0 Å². The van der Waals surface area contributed by atoms with Crippen LogP contribution in [-0.2, 0) is 13.0 Å². The van der Waals surface area contributed by atoms with Gasteiger partial charge in [0.1, 0.15) is 11.6 Å². The standard InChI is InChI=1S/C23H33N5O/c1-4-24-23(26-12-9-19-8-7-18(2)21(15-19)29-3)27-17-20-10-11-25-22(16-20)28-13-5-6-14-28/h7-8,10-11,15-16H,4-6,9,12-14,17H2,1-3H3,(H2,24,26,27). The Balaban J connectivity index is 1.56. The van der Waals surface area contributed by atoms with E-state index in [4.69, 9.17) is 9.73 Å². The van der Waals surface area contributed by atoms with Gasteiger partial charge in [-0.05, 0) is 68.0 Å². The predicted octanol–water partition coefficient (Wildman–Crippen LogP) is 3.30. The minimum Gasteiger partial charge on any atom is -0.496 e. The molecular formula is C23H33N5O. The molecule has 0 spiro atoms. The summed E-state index contributed by atoms with van der Waals surface area (Å²) >= 11 is 0. The van der Waals surface area contributed by atoms with Crippen molar-refractivity contribution >= 4 is 11.8 Å². The van der Waals surface area contributed by atoms with Crippen LogP contribution in [0.15, 0.2) is 41.5 Å². The molecule has 1 aliphatic rings.